The summed E-state index contributed by atoms with van der Waals surface area (Å²) in [5.74, 6) is 0.948. The molecule has 1 aromatic carbocycles. The Labute approximate surface area is 97.4 Å². The summed E-state index contributed by atoms with van der Waals surface area (Å²) in [5, 5.41) is 0. The maximum Gasteiger partial charge on any atom is 0.120 e. The molecular formula is C15H18O. The van der Waals surface area contributed by atoms with Gasteiger partial charge >= 0.3 is 0 Å². The van der Waals surface area contributed by atoms with Crippen LogP contribution >= 0.6 is 0 Å². The van der Waals surface area contributed by atoms with E-state index in [0.717, 1.165) is 30.6 Å². The van der Waals surface area contributed by atoms with E-state index in [1.807, 2.05) is 30.3 Å². The SMILES string of the molecule is C=Cc1ccc(OC2(C)CC=CCC2)cc1. The number of hydrogen-bond acceptors (Lipinski definition) is 1. The highest BCUT2D eigenvalue weighted by Crippen LogP contribution is 2.29. The second-order valence-corrected chi connectivity index (χ2v) is 4.54. The van der Waals surface area contributed by atoms with Gasteiger partial charge in [0.2, 0.25) is 0 Å². The molecule has 0 fully saturated rings. The van der Waals surface area contributed by atoms with Crippen LogP contribution in [0.2, 0.25) is 0 Å². The van der Waals surface area contributed by atoms with Crippen molar-refractivity contribution in [1.29, 1.82) is 0 Å². The number of hydrogen-bond donors (Lipinski definition) is 0. The third kappa shape index (κ3) is 2.54. The molecule has 16 heavy (non-hydrogen) atoms. The van der Waals surface area contributed by atoms with E-state index >= 15 is 0 Å². The zero-order valence-corrected chi connectivity index (χ0v) is 9.78. The summed E-state index contributed by atoms with van der Waals surface area (Å²) < 4.78 is 6.06. The van der Waals surface area contributed by atoms with Crippen LogP contribution in [0.5, 0.6) is 5.75 Å². The van der Waals surface area contributed by atoms with Gasteiger partial charge in [-0.05, 0) is 37.5 Å². The quantitative estimate of drug-likeness (QED) is 0.685. The van der Waals surface area contributed by atoms with Gasteiger partial charge in [0.25, 0.3) is 0 Å². The largest absolute Gasteiger partial charge is 0.487 e. The van der Waals surface area contributed by atoms with E-state index in [0.29, 0.717) is 0 Å². The molecule has 0 saturated heterocycles. The van der Waals surface area contributed by atoms with Crippen LogP contribution in [0.1, 0.15) is 31.7 Å². The van der Waals surface area contributed by atoms with E-state index in [2.05, 4.69) is 25.7 Å². The summed E-state index contributed by atoms with van der Waals surface area (Å²) in [7, 11) is 0. The monoisotopic (exact) mass is 214 g/mol. The molecule has 1 aliphatic carbocycles. The zero-order valence-electron chi connectivity index (χ0n) is 9.78. The zero-order chi connectivity index (χ0) is 11.4. The Bertz CT molecular complexity index is 388. The van der Waals surface area contributed by atoms with Gasteiger partial charge in [0.15, 0.2) is 0 Å². The molecule has 0 bridgehead atoms. The van der Waals surface area contributed by atoms with Gasteiger partial charge in [0.1, 0.15) is 11.4 Å². The maximum absolute atomic E-state index is 6.06. The molecule has 0 spiro atoms. The molecule has 1 heteroatoms. The minimum Gasteiger partial charge on any atom is -0.487 e. The molecule has 1 aromatic rings. The first-order chi connectivity index (χ1) is 7.72. The summed E-state index contributed by atoms with van der Waals surface area (Å²) in [5.41, 5.74) is 1.09. The van der Waals surface area contributed by atoms with E-state index in [1.165, 1.54) is 0 Å². The predicted octanol–water partition coefficient (Wildman–Crippen LogP) is 4.21. The van der Waals surface area contributed by atoms with Crippen molar-refractivity contribution in [3.63, 3.8) is 0 Å². The van der Waals surface area contributed by atoms with Crippen molar-refractivity contribution in [3.8, 4) is 5.75 Å². The second kappa shape index (κ2) is 4.56. The molecular weight excluding hydrogens is 196 g/mol. The van der Waals surface area contributed by atoms with Crippen LogP contribution in [0.3, 0.4) is 0 Å². The van der Waals surface area contributed by atoms with Gasteiger partial charge < -0.3 is 4.74 Å². The van der Waals surface area contributed by atoms with Gasteiger partial charge in [0, 0.05) is 6.42 Å². The van der Waals surface area contributed by atoms with Crippen LogP contribution in [0.25, 0.3) is 6.08 Å². The van der Waals surface area contributed by atoms with E-state index in [-0.39, 0.29) is 5.60 Å². The first-order valence-corrected chi connectivity index (χ1v) is 5.78. The van der Waals surface area contributed by atoms with Crippen molar-refractivity contribution in [1.82, 2.24) is 0 Å². The van der Waals surface area contributed by atoms with Gasteiger partial charge in [-0.2, -0.15) is 0 Å². The van der Waals surface area contributed by atoms with Gasteiger partial charge in [0.05, 0.1) is 0 Å². The standard InChI is InChI=1S/C15H18O/c1-3-13-7-9-14(10-8-13)16-15(2)11-5-4-6-12-15/h3-5,7-10H,1,6,11-12H2,2H3. The van der Waals surface area contributed by atoms with Crippen LogP contribution in [-0.4, -0.2) is 5.60 Å². The molecule has 2 rings (SSSR count). The first kappa shape index (κ1) is 11.0. The van der Waals surface area contributed by atoms with Gasteiger partial charge in [-0.1, -0.05) is 36.9 Å². The van der Waals surface area contributed by atoms with Crippen molar-refractivity contribution in [2.24, 2.45) is 0 Å². The van der Waals surface area contributed by atoms with Crippen LogP contribution < -0.4 is 4.74 Å². The highest BCUT2D eigenvalue weighted by molar-refractivity contribution is 5.48. The molecule has 0 aliphatic heterocycles. The summed E-state index contributed by atoms with van der Waals surface area (Å²) in [6, 6.07) is 8.09. The van der Waals surface area contributed by atoms with Gasteiger partial charge in [-0.15, -0.1) is 0 Å². The molecule has 0 saturated carbocycles. The van der Waals surface area contributed by atoms with E-state index in [1.54, 1.807) is 0 Å². The molecule has 1 unspecified atom stereocenters. The Balaban J connectivity index is 2.07. The molecule has 0 N–H and O–H groups in total. The Morgan fingerprint density at radius 3 is 2.56 bits per heavy atom. The average Bonchev–Trinajstić information content (AvgIpc) is 2.30. The first-order valence-electron chi connectivity index (χ1n) is 5.78. The molecule has 0 amide bonds. The lowest BCUT2D eigenvalue weighted by Crippen LogP contribution is -2.32. The highest BCUT2D eigenvalue weighted by atomic mass is 16.5. The van der Waals surface area contributed by atoms with Crippen LogP contribution in [0.4, 0.5) is 0 Å². The smallest absolute Gasteiger partial charge is 0.120 e. The predicted molar refractivity (Wildman–Crippen MR) is 68.6 cm³/mol. The maximum atomic E-state index is 6.06. The van der Waals surface area contributed by atoms with E-state index in [4.69, 9.17) is 4.74 Å². The molecule has 0 aromatic heterocycles. The lowest BCUT2D eigenvalue weighted by Gasteiger charge is -2.31. The van der Waals surface area contributed by atoms with Crippen LogP contribution in [0.15, 0.2) is 43.0 Å². The Kier molecular flexibility index (Phi) is 3.14. The number of rotatable bonds is 3. The minimum absolute atomic E-state index is 0.0373. The highest BCUT2D eigenvalue weighted by Gasteiger charge is 2.26. The van der Waals surface area contributed by atoms with E-state index in [9.17, 15) is 0 Å². The van der Waals surface area contributed by atoms with Crippen molar-refractivity contribution in [2.45, 2.75) is 31.8 Å². The fourth-order valence-electron chi connectivity index (χ4n) is 1.99. The topological polar surface area (TPSA) is 9.23 Å². The summed E-state index contributed by atoms with van der Waals surface area (Å²) >= 11 is 0. The molecule has 1 atom stereocenters. The molecule has 84 valence electrons. The van der Waals surface area contributed by atoms with Crippen molar-refractivity contribution in [3.05, 3.63) is 48.6 Å². The van der Waals surface area contributed by atoms with Crippen molar-refractivity contribution < 1.29 is 4.74 Å². The normalized spacial score (nSPS) is 24.1. The summed E-state index contributed by atoms with van der Waals surface area (Å²) in [4.78, 5) is 0. The third-order valence-corrected chi connectivity index (χ3v) is 3.04. The summed E-state index contributed by atoms with van der Waals surface area (Å²) in [6.07, 6.45) is 9.48. The van der Waals surface area contributed by atoms with Gasteiger partial charge in [-0.3, -0.25) is 0 Å². The fourth-order valence-corrected chi connectivity index (χ4v) is 1.99. The van der Waals surface area contributed by atoms with Crippen LogP contribution in [0, 0.1) is 0 Å². The molecule has 0 radical (unpaired) electrons. The molecule has 1 aliphatic rings. The second-order valence-electron chi connectivity index (χ2n) is 4.54. The van der Waals surface area contributed by atoms with Crippen molar-refractivity contribution >= 4 is 6.08 Å². The van der Waals surface area contributed by atoms with Crippen molar-refractivity contribution in [2.75, 3.05) is 0 Å². The Morgan fingerprint density at radius 1 is 1.25 bits per heavy atom. The van der Waals surface area contributed by atoms with Gasteiger partial charge in [-0.25, -0.2) is 0 Å². The lowest BCUT2D eigenvalue weighted by atomic mass is 9.91. The summed E-state index contributed by atoms with van der Waals surface area (Å²) in [6.45, 7) is 5.92. The minimum atomic E-state index is -0.0373. The van der Waals surface area contributed by atoms with E-state index < -0.39 is 0 Å². The molecule has 1 nitrogen and oxygen atoms in total. The Hall–Kier alpha value is -1.50. The number of allylic oxidation sites excluding steroid dienone is 1. The molecule has 0 heterocycles. The fraction of sp³-hybridized carbons (Fsp3) is 0.333. The third-order valence-electron chi connectivity index (χ3n) is 3.04. The Morgan fingerprint density at radius 2 is 2.00 bits per heavy atom. The van der Waals surface area contributed by atoms with Crippen LogP contribution in [-0.2, 0) is 0 Å². The lowest BCUT2D eigenvalue weighted by molar-refractivity contribution is 0.0791. The number of benzene rings is 1. The average molecular weight is 214 g/mol. The number of ether oxygens (including phenoxy) is 1.